The highest BCUT2D eigenvalue weighted by atomic mass is 19.1. The van der Waals surface area contributed by atoms with Gasteiger partial charge in [-0.3, -0.25) is 14.9 Å². The normalized spacial score (nSPS) is 10.0. The Bertz CT molecular complexity index is 792. The first kappa shape index (κ1) is 16.1. The number of carbonyl (C=O) groups is 2. The van der Waals surface area contributed by atoms with Gasteiger partial charge in [-0.25, -0.2) is 4.79 Å². The predicted octanol–water partition coefficient (Wildman–Crippen LogP) is 3.58. The van der Waals surface area contributed by atoms with Crippen LogP contribution in [0.2, 0.25) is 0 Å². The number of nitro groups is 1. The fourth-order valence-corrected chi connectivity index (χ4v) is 1.84. The molecule has 8 heteroatoms. The number of benzene rings is 2. The van der Waals surface area contributed by atoms with E-state index in [0.717, 1.165) is 12.1 Å². The van der Waals surface area contributed by atoms with Crippen LogP contribution in [0.25, 0.3) is 0 Å². The second kappa shape index (κ2) is 6.65. The lowest BCUT2D eigenvalue weighted by Gasteiger charge is -2.08. The molecule has 118 valence electrons. The summed E-state index contributed by atoms with van der Waals surface area (Å²) in [5.74, 6) is -1.14. The second-order valence-corrected chi connectivity index (χ2v) is 4.64. The Morgan fingerprint density at radius 1 is 1.09 bits per heavy atom. The topological polar surface area (TPSA) is 101 Å². The summed E-state index contributed by atoms with van der Waals surface area (Å²) in [6.07, 6.45) is 0. The van der Waals surface area contributed by atoms with Crippen LogP contribution in [0.5, 0.6) is 0 Å². The molecule has 0 saturated carbocycles. The molecule has 0 radical (unpaired) electrons. The standard InChI is InChI=1S/C15H12FN3O4/c1-9(20)10-3-2-4-11(7-10)17-15(21)18-12-5-6-13(16)14(8-12)19(22)23/h2-8H,1H3,(H2,17,18,21). The van der Waals surface area contributed by atoms with Gasteiger partial charge in [-0.2, -0.15) is 4.39 Å². The van der Waals surface area contributed by atoms with Gasteiger partial charge < -0.3 is 10.6 Å². The number of carbonyl (C=O) groups excluding carboxylic acids is 2. The van der Waals surface area contributed by atoms with Crippen LogP contribution in [-0.2, 0) is 0 Å². The Labute approximate surface area is 130 Å². The molecule has 0 aliphatic carbocycles. The molecule has 0 aromatic heterocycles. The fourth-order valence-electron chi connectivity index (χ4n) is 1.84. The van der Waals surface area contributed by atoms with Gasteiger partial charge in [0.1, 0.15) is 0 Å². The van der Waals surface area contributed by atoms with Crippen molar-refractivity contribution < 1.29 is 18.9 Å². The van der Waals surface area contributed by atoms with Crippen LogP contribution in [0.15, 0.2) is 42.5 Å². The van der Waals surface area contributed by atoms with Gasteiger partial charge in [0.2, 0.25) is 5.82 Å². The molecule has 2 N–H and O–H groups in total. The van der Waals surface area contributed by atoms with Crippen LogP contribution >= 0.6 is 0 Å². The summed E-state index contributed by atoms with van der Waals surface area (Å²) in [4.78, 5) is 32.9. The Kier molecular flexibility index (Phi) is 4.65. The van der Waals surface area contributed by atoms with Gasteiger partial charge in [0.25, 0.3) is 0 Å². The summed E-state index contributed by atoms with van der Waals surface area (Å²) in [5.41, 5.74) is 0.145. The SMILES string of the molecule is CC(=O)c1cccc(NC(=O)Nc2ccc(F)c([N+](=O)[O-])c2)c1. The summed E-state index contributed by atoms with van der Waals surface area (Å²) < 4.78 is 13.2. The van der Waals surface area contributed by atoms with Crippen LogP contribution in [0.4, 0.5) is 26.2 Å². The number of halogens is 1. The van der Waals surface area contributed by atoms with E-state index >= 15 is 0 Å². The van der Waals surface area contributed by atoms with Gasteiger partial charge in [-0.1, -0.05) is 12.1 Å². The Balaban J connectivity index is 2.11. The molecule has 0 unspecified atom stereocenters. The molecule has 2 rings (SSSR count). The van der Waals surface area contributed by atoms with Crippen LogP contribution in [0, 0.1) is 15.9 Å². The van der Waals surface area contributed by atoms with Crippen molar-refractivity contribution in [3.8, 4) is 0 Å². The molecule has 2 aromatic carbocycles. The zero-order valence-corrected chi connectivity index (χ0v) is 12.0. The molecule has 0 fully saturated rings. The van der Waals surface area contributed by atoms with Crippen molar-refractivity contribution in [1.29, 1.82) is 0 Å². The number of amides is 2. The Hall–Kier alpha value is -3.29. The summed E-state index contributed by atoms with van der Waals surface area (Å²) in [6, 6.07) is 8.63. The molecule has 0 bridgehead atoms. The lowest BCUT2D eigenvalue weighted by molar-refractivity contribution is -0.387. The smallest absolute Gasteiger partial charge is 0.308 e. The highest BCUT2D eigenvalue weighted by Crippen LogP contribution is 2.21. The third kappa shape index (κ3) is 4.10. The maximum atomic E-state index is 13.2. The van der Waals surface area contributed by atoms with E-state index in [1.165, 1.54) is 19.1 Å². The maximum Gasteiger partial charge on any atom is 0.323 e. The first-order valence-corrected chi connectivity index (χ1v) is 6.50. The third-order valence-electron chi connectivity index (χ3n) is 2.93. The van der Waals surface area contributed by atoms with Crippen LogP contribution in [0.1, 0.15) is 17.3 Å². The van der Waals surface area contributed by atoms with E-state index in [2.05, 4.69) is 10.6 Å². The predicted molar refractivity (Wildman–Crippen MR) is 82.1 cm³/mol. The van der Waals surface area contributed by atoms with Crippen molar-refractivity contribution in [2.45, 2.75) is 6.92 Å². The third-order valence-corrected chi connectivity index (χ3v) is 2.93. The number of nitro benzene ring substituents is 1. The van der Waals surface area contributed by atoms with Crippen molar-refractivity contribution in [3.63, 3.8) is 0 Å². The quantitative estimate of drug-likeness (QED) is 0.511. The van der Waals surface area contributed by atoms with E-state index in [0.29, 0.717) is 11.3 Å². The molecule has 0 aliphatic rings. The van der Waals surface area contributed by atoms with E-state index in [1.54, 1.807) is 18.2 Å². The lowest BCUT2D eigenvalue weighted by atomic mass is 10.1. The summed E-state index contributed by atoms with van der Waals surface area (Å²) >= 11 is 0. The molecule has 0 saturated heterocycles. The molecule has 2 amide bonds. The monoisotopic (exact) mass is 317 g/mol. The van der Waals surface area contributed by atoms with Crippen LogP contribution in [0.3, 0.4) is 0 Å². The van der Waals surface area contributed by atoms with E-state index in [9.17, 15) is 24.1 Å². The number of urea groups is 1. The molecule has 23 heavy (non-hydrogen) atoms. The second-order valence-electron chi connectivity index (χ2n) is 4.64. The van der Waals surface area contributed by atoms with Crippen LogP contribution < -0.4 is 10.6 Å². The minimum absolute atomic E-state index is 0.0679. The number of hydrogen-bond donors (Lipinski definition) is 2. The number of Topliss-reactive ketones (excluding diaryl/α,β-unsaturated/α-hetero) is 1. The van der Waals surface area contributed by atoms with Crippen molar-refractivity contribution in [3.05, 3.63) is 64.0 Å². The lowest BCUT2D eigenvalue weighted by Crippen LogP contribution is -2.19. The zero-order valence-electron chi connectivity index (χ0n) is 12.0. The molecule has 7 nitrogen and oxygen atoms in total. The number of hydrogen-bond acceptors (Lipinski definition) is 4. The first-order valence-electron chi connectivity index (χ1n) is 6.50. The first-order chi connectivity index (χ1) is 10.9. The van der Waals surface area contributed by atoms with Gasteiger partial charge in [-0.05, 0) is 31.2 Å². The molecule has 0 atom stereocenters. The van der Waals surface area contributed by atoms with Crippen molar-refractivity contribution in [2.24, 2.45) is 0 Å². The largest absolute Gasteiger partial charge is 0.323 e. The number of nitrogens with zero attached hydrogens (tertiary/aromatic N) is 1. The fraction of sp³-hybridized carbons (Fsp3) is 0.0667. The highest BCUT2D eigenvalue weighted by Gasteiger charge is 2.15. The molecule has 0 spiro atoms. The minimum Gasteiger partial charge on any atom is -0.308 e. The molecular weight excluding hydrogens is 305 g/mol. The Morgan fingerprint density at radius 2 is 1.74 bits per heavy atom. The maximum absolute atomic E-state index is 13.2. The van der Waals surface area contributed by atoms with Gasteiger partial charge in [0, 0.05) is 23.0 Å². The van der Waals surface area contributed by atoms with E-state index in [1.807, 2.05) is 0 Å². The van der Waals surface area contributed by atoms with Crippen molar-refractivity contribution >= 4 is 28.9 Å². The summed E-state index contributed by atoms with van der Waals surface area (Å²) in [5, 5.41) is 15.5. The minimum atomic E-state index is -0.991. The molecular formula is C15H12FN3O4. The van der Waals surface area contributed by atoms with Crippen molar-refractivity contribution in [1.82, 2.24) is 0 Å². The number of anilines is 2. The number of nitrogens with one attached hydrogen (secondary N) is 2. The van der Waals surface area contributed by atoms with E-state index in [-0.39, 0.29) is 11.5 Å². The van der Waals surface area contributed by atoms with Gasteiger partial charge in [-0.15, -0.1) is 0 Å². The van der Waals surface area contributed by atoms with Gasteiger partial charge in [0.05, 0.1) is 4.92 Å². The van der Waals surface area contributed by atoms with E-state index in [4.69, 9.17) is 0 Å². The summed E-state index contributed by atoms with van der Waals surface area (Å²) in [6.45, 7) is 1.40. The number of rotatable bonds is 4. The van der Waals surface area contributed by atoms with Crippen molar-refractivity contribution in [2.75, 3.05) is 10.6 Å². The average molecular weight is 317 g/mol. The molecule has 0 heterocycles. The van der Waals surface area contributed by atoms with Gasteiger partial charge >= 0.3 is 11.7 Å². The molecule has 2 aromatic rings. The van der Waals surface area contributed by atoms with Crippen LogP contribution in [-0.4, -0.2) is 16.7 Å². The van der Waals surface area contributed by atoms with E-state index < -0.39 is 22.5 Å². The highest BCUT2D eigenvalue weighted by molar-refractivity contribution is 6.01. The Morgan fingerprint density at radius 3 is 2.35 bits per heavy atom. The zero-order chi connectivity index (χ0) is 17.0. The van der Waals surface area contributed by atoms with Gasteiger partial charge in [0.15, 0.2) is 5.78 Å². The average Bonchev–Trinajstić information content (AvgIpc) is 2.49. The number of ketones is 1. The summed E-state index contributed by atoms with van der Waals surface area (Å²) in [7, 11) is 0. The molecule has 0 aliphatic heterocycles.